The van der Waals surface area contributed by atoms with Crippen LogP contribution in [0, 0.1) is 29.6 Å². The van der Waals surface area contributed by atoms with Crippen molar-refractivity contribution >= 4 is 7.92 Å². The molecule has 144 valence electrons. The van der Waals surface area contributed by atoms with E-state index in [2.05, 4.69) is 20.8 Å². The molecule has 0 N–H and O–H groups in total. The van der Waals surface area contributed by atoms with Gasteiger partial charge in [-0.05, 0) is 104 Å². The Kier molecular flexibility index (Phi) is 5.87. The average molecular weight is 363 g/mol. The Morgan fingerprint density at radius 1 is 0.880 bits per heavy atom. The van der Waals surface area contributed by atoms with Crippen LogP contribution < -0.4 is 0 Å². The number of hydrogen-bond acceptors (Lipinski definition) is 0. The summed E-state index contributed by atoms with van der Waals surface area (Å²) in [7, 11) is 0.241. The van der Waals surface area contributed by atoms with Crippen LogP contribution in [0.5, 0.6) is 0 Å². The second-order valence-corrected chi connectivity index (χ2v) is 14.1. The van der Waals surface area contributed by atoms with Gasteiger partial charge in [0.1, 0.15) is 0 Å². The van der Waals surface area contributed by atoms with Crippen LogP contribution in [0.15, 0.2) is 0 Å². The summed E-state index contributed by atoms with van der Waals surface area (Å²) in [4.78, 5) is 0. The second kappa shape index (κ2) is 7.81. The van der Waals surface area contributed by atoms with Crippen LogP contribution in [-0.2, 0) is 0 Å². The van der Waals surface area contributed by atoms with E-state index in [9.17, 15) is 0 Å². The minimum Gasteiger partial charge on any atom is -0.0971 e. The lowest BCUT2D eigenvalue weighted by atomic mass is 9.68. The van der Waals surface area contributed by atoms with Gasteiger partial charge in [-0.1, -0.05) is 54.4 Å². The van der Waals surface area contributed by atoms with E-state index in [0.717, 1.165) is 40.4 Å². The highest BCUT2D eigenvalue weighted by atomic mass is 31.1. The Labute approximate surface area is 159 Å². The highest BCUT2D eigenvalue weighted by molar-refractivity contribution is 7.60. The Morgan fingerprint density at radius 3 is 2.36 bits per heavy atom. The third-order valence-corrected chi connectivity index (χ3v) is 12.7. The van der Waals surface area contributed by atoms with Gasteiger partial charge < -0.3 is 0 Å². The maximum absolute atomic E-state index is 2.79. The predicted molar refractivity (Wildman–Crippen MR) is 113 cm³/mol. The Bertz CT molecular complexity index is 429. The Hall–Kier alpha value is 0.430. The van der Waals surface area contributed by atoms with Crippen LogP contribution in [0.2, 0.25) is 0 Å². The predicted octanol–water partition coefficient (Wildman–Crippen LogP) is 7.84. The molecule has 4 rings (SSSR count). The SMILES string of the molecule is CCCCP(C1CCC2CC(C)CC1C2)C1(C)CC2CCCC(C2)C1. The molecule has 4 aliphatic rings. The van der Waals surface area contributed by atoms with Gasteiger partial charge in [-0.2, -0.15) is 0 Å². The fourth-order valence-electron chi connectivity index (χ4n) is 7.90. The van der Waals surface area contributed by atoms with Gasteiger partial charge >= 0.3 is 0 Å². The Morgan fingerprint density at radius 2 is 1.64 bits per heavy atom. The quantitative estimate of drug-likeness (QED) is 0.437. The molecule has 4 fully saturated rings. The van der Waals surface area contributed by atoms with Crippen molar-refractivity contribution in [3.8, 4) is 0 Å². The fraction of sp³-hybridized carbons (Fsp3) is 1.00. The topological polar surface area (TPSA) is 0 Å². The minimum atomic E-state index is 0.241. The van der Waals surface area contributed by atoms with E-state index in [0.29, 0.717) is 0 Å². The molecule has 0 saturated heterocycles. The second-order valence-electron chi connectivity index (χ2n) is 10.9. The molecular weight excluding hydrogens is 319 g/mol. The van der Waals surface area contributed by atoms with Crippen LogP contribution in [-0.4, -0.2) is 17.0 Å². The standard InChI is InChI=1S/C24H43P/c1-4-5-11-25(23-10-9-19-12-18(2)13-22(23)15-19)24(3)16-20-7-6-8-21(14-20)17-24/h18-23H,4-17H2,1-3H3. The van der Waals surface area contributed by atoms with E-state index in [-0.39, 0.29) is 7.92 Å². The summed E-state index contributed by atoms with van der Waals surface area (Å²) in [6, 6.07) is 0. The molecule has 7 unspecified atom stereocenters. The zero-order valence-electron chi connectivity index (χ0n) is 17.3. The molecule has 0 aliphatic heterocycles. The summed E-state index contributed by atoms with van der Waals surface area (Å²) in [5, 5.41) is 0.747. The van der Waals surface area contributed by atoms with Crippen LogP contribution in [0.3, 0.4) is 0 Å². The smallest absolute Gasteiger partial charge is 0.0115 e. The zero-order valence-corrected chi connectivity index (χ0v) is 18.2. The summed E-state index contributed by atoms with van der Waals surface area (Å²) in [5.74, 6) is 5.44. The van der Waals surface area contributed by atoms with Crippen molar-refractivity contribution < 1.29 is 0 Å². The van der Waals surface area contributed by atoms with E-state index in [1.165, 1.54) is 12.8 Å². The maximum Gasteiger partial charge on any atom is -0.0115 e. The van der Waals surface area contributed by atoms with Gasteiger partial charge in [-0.25, -0.2) is 0 Å². The van der Waals surface area contributed by atoms with Gasteiger partial charge in [0.15, 0.2) is 0 Å². The summed E-state index contributed by atoms with van der Waals surface area (Å²) in [5.41, 5.74) is 1.14. The highest BCUT2D eigenvalue weighted by Crippen LogP contribution is 2.67. The first-order chi connectivity index (χ1) is 12.1. The molecule has 0 heterocycles. The summed E-state index contributed by atoms with van der Waals surface area (Å²) in [6.07, 6.45) is 22.0. The van der Waals surface area contributed by atoms with E-state index in [1.807, 2.05) is 0 Å². The monoisotopic (exact) mass is 362 g/mol. The molecule has 1 heteroatoms. The molecule has 0 aromatic rings. The third kappa shape index (κ3) is 4.00. The van der Waals surface area contributed by atoms with Gasteiger partial charge in [0, 0.05) is 0 Å². The summed E-state index contributed by atoms with van der Waals surface area (Å²) < 4.78 is 0. The fourth-order valence-corrected chi connectivity index (χ4v) is 12.4. The van der Waals surface area contributed by atoms with Crippen molar-refractivity contribution in [3.05, 3.63) is 0 Å². The van der Waals surface area contributed by atoms with E-state index in [1.54, 1.807) is 76.8 Å². The molecule has 0 nitrogen and oxygen atoms in total. The van der Waals surface area contributed by atoms with E-state index >= 15 is 0 Å². The van der Waals surface area contributed by atoms with Crippen molar-refractivity contribution in [1.29, 1.82) is 0 Å². The molecule has 0 amide bonds. The molecule has 0 aromatic carbocycles. The van der Waals surface area contributed by atoms with Gasteiger partial charge in [0.25, 0.3) is 0 Å². The summed E-state index contributed by atoms with van der Waals surface area (Å²) >= 11 is 0. The lowest BCUT2D eigenvalue weighted by Crippen LogP contribution is -2.43. The maximum atomic E-state index is 2.79. The first-order valence-corrected chi connectivity index (χ1v) is 13.4. The molecule has 25 heavy (non-hydrogen) atoms. The van der Waals surface area contributed by atoms with Gasteiger partial charge in [0.05, 0.1) is 0 Å². The zero-order chi connectivity index (χ0) is 17.4. The van der Waals surface area contributed by atoms with Crippen molar-refractivity contribution in [2.45, 2.75) is 115 Å². The normalized spacial score (nSPS) is 48.1. The van der Waals surface area contributed by atoms with Gasteiger partial charge in [-0.15, -0.1) is 0 Å². The van der Waals surface area contributed by atoms with Crippen LogP contribution in [0.4, 0.5) is 0 Å². The van der Waals surface area contributed by atoms with Crippen LogP contribution in [0.25, 0.3) is 0 Å². The first-order valence-electron chi connectivity index (χ1n) is 11.8. The van der Waals surface area contributed by atoms with Crippen molar-refractivity contribution in [2.75, 3.05) is 6.16 Å². The Balaban J connectivity index is 1.54. The molecule has 7 atom stereocenters. The molecule has 4 bridgehead atoms. The largest absolute Gasteiger partial charge is 0.0971 e. The average Bonchev–Trinajstić information content (AvgIpc) is 2.56. The van der Waals surface area contributed by atoms with Gasteiger partial charge in [-0.3, -0.25) is 0 Å². The molecular formula is C24H43P. The van der Waals surface area contributed by atoms with E-state index < -0.39 is 0 Å². The minimum absolute atomic E-state index is 0.241. The van der Waals surface area contributed by atoms with Crippen molar-refractivity contribution in [2.24, 2.45) is 29.6 Å². The highest BCUT2D eigenvalue weighted by Gasteiger charge is 2.49. The van der Waals surface area contributed by atoms with Crippen molar-refractivity contribution in [1.82, 2.24) is 0 Å². The van der Waals surface area contributed by atoms with Crippen molar-refractivity contribution in [3.63, 3.8) is 0 Å². The molecule has 4 saturated carbocycles. The van der Waals surface area contributed by atoms with Gasteiger partial charge in [0.2, 0.25) is 0 Å². The molecule has 0 aromatic heterocycles. The number of hydrogen-bond donors (Lipinski definition) is 0. The lowest BCUT2D eigenvalue weighted by Gasteiger charge is -2.55. The third-order valence-electron chi connectivity index (χ3n) is 8.69. The molecule has 0 spiro atoms. The summed E-state index contributed by atoms with van der Waals surface area (Å²) in [6.45, 7) is 7.77. The number of unbranched alkanes of at least 4 members (excludes halogenated alkanes) is 1. The van der Waals surface area contributed by atoms with Crippen LogP contribution in [0.1, 0.15) is 104 Å². The molecule has 0 radical (unpaired) electrons. The number of fused-ring (bicyclic) bond motifs is 4. The lowest BCUT2D eigenvalue weighted by molar-refractivity contribution is 0.141. The first kappa shape index (κ1) is 18.8. The van der Waals surface area contributed by atoms with E-state index in [4.69, 9.17) is 0 Å². The number of rotatable bonds is 5. The molecule has 4 aliphatic carbocycles. The van der Waals surface area contributed by atoms with Crippen LogP contribution >= 0.6 is 7.92 Å².